The molecule has 0 radical (unpaired) electrons. The van der Waals surface area contributed by atoms with E-state index in [-0.39, 0.29) is 11.8 Å². The van der Waals surface area contributed by atoms with E-state index in [2.05, 4.69) is 10.6 Å². The Hall–Kier alpha value is -3.43. The van der Waals surface area contributed by atoms with Crippen molar-refractivity contribution in [2.45, 2.75) is 77.8 Å². The molecule has 2 saturated heterocycles. The van der Waals surface area contributed by atoms with Crippen molar-refractivity contribution < 1.29 is 28.2 Å². The Morgan fingerprint density at radius 2 is 0.833 bits per heavy atom. The molecule has 5 rings (SSSR count). The number of carbonyl (C=O) groups is 2. The molecule has 0 bridgehead atoms. The zero-order valence-corrected chi connectivity index (χ0v) is 25.5. The third kappa shape index (κ3) is 5.90. The van der Waals surface area contributed by atoms with E-state index in [0.717, 1.165) is 10.9 Å². The molecule has 0 unspecified atom stereocenters. The zero-order valence-electron chi connectivity index (χ0n) is 25.5. The number of carbonyl (C=O) groups excluding carboxylic acids is 2. The molecule has 0 aromatic heterocycles. The second kappa shape index (κ2) is 10.7. The van der Waals surface area contributed by atoms with E-state index in [4.69, 9.17) is 18.6 Å². The van der Waals surface area contributed by atoms with E-state index < -0.39 is 36.6 Å². The quantitative estimate of drug-likeness (QED) is 0.416. The standard InChI is InChI=1S/C32H38B2N2O6/c1-29(2)30(3,4)40-33(39-29)23-11-9-13-25(19-23)35-27(37)21-15-17-22(18-16-21)28(38)36-26-14-10-12-24(20-26)34-41-31(5,6)32(7,8)42-34/h9-20H,1-8H3,(H,35,37)(H,36,38). The first-order valence-electron chi connectivity index (χ1n) is 14.2. The van der Waals surface area contributed by atoms with Crippen LogP contribution in [0.4, 0.5) is 11.4 Å². The van der Waals surface area contributed by atoms with Crippen molar-refractivity contribution in [2.75, 3.05) is 10.6 Å². The van der Waals surface area contributed by atoms with Gasteiger partial charge in [0, 0.05) is 22.5 Å². The van der Waals surface area contributed by atoms with E-state index in [0.29, 0.717) is 22.5 Å². The molecule has 0 aliphatic carbocycles. The Bertz CT molecular complexity index is 1360. The lowest BCUT2D eigenvalue weighted by atomic mass is 9.79. The van der Waals surface area contributed by atoms with Crippen LogP contribution < -0.4 is 21.6 Å². The lowest BCUT2D eigenvalue weighted by Gasteiger charge is -2.32. The van der Waals surface area contributed by atoms with Crippen LogP contribution in [0.5, 0.6) is 0 Å². The Balaban J connectivity index is 1.21. The van der Waals surface area contributed by atoms with Gasteiger partial charge in [-0.2, -0.15) is 0 Å². The first kappa shape index (κ1) is 30.0. The second-order valence-corrected chi connectivity index (χ2v) is 12.9. The summed E-state index contributed by atoms with van der Waals surface area (Å²) in [4.78, 5) is 26.0. The molecule has 2 heterocycles. The Morgan fingerprint density at radius 3 is 1.14 bits per heavy atom. The van der Waals surface area contributed by atoms with Crippen LogP contribution in [0.25, 0.3) is 0 Å². The predicted octanol–water partition coefficient (Wildman–Crippen LogP) is 4.79. The fourth-order valence-corrected chi connectivity index (χ4v) is 4.66. The zero-order chi connectivity index (χ0) is 30.5. The highest BCUT2D eigenvalue weighted by Gasteiger charge is 2.52. The van der Waals surface area contributed by atoms with Gasteiger partial charge in [-0.25, -0.2) is 0 Å². The van der Waals surface area contributed by atoms with Gasteiger partial charge in [-0.1, -0.05) is 24.3 Å². The Morgan fingerprint density at radius 1 is 0.524 bits per heavy atom. The van der Waals surface area contributed by atoms with Crippen molar-refractivity contribution in [3.63, 3.8) is 0 Å². The number of benzene rings is 3. The van der Waals surface area contributed by atoms with E-state index in [9.17, 15) is 9.59 Å². The molecule has 0 saturated carbocycles. The number of amides is 2. The third-order valence-electron chi connectivity index (χ3n) is 8.75. The molecule has 8 nitrogen and oxygen atoms in total. The molecule has 3 aromatic rings. The fraction of sp³-hybridized carbons (Fsp3) is 0.375. The summed E-state index contributed by atoms with van der Waals surface area (Å²) in [5, 5.41) is 5.84. The molecule has 2 amide bonds. The van der Waals surface area contributed by atoms with Gasteiger partial charge in [-0.05, 0) is 115 Å². The van der Waals surface area contributed by atoms with Crippen LogP contribution in [0.3, 0.4) is 0 Å². The molecule has 42 heavy (non-hydrogen) atoms. The van der Waals surface area contributed by atoms with Crippen LogP contribution in [-0.2, 0) is 18.6 Å². The number of rotatable bonds is 6. The summed E-state index contributed by atoms with van der Waals surface area (Å²) in [5.41, 5.74) is 1.91. The minimum atomic E-state index is -0.526. The summed E-state index contributed by atoms with van der Waals surface area (Å²) in [7, 11) is -1.05. The van der Waals surface area contributed by atoms with E-state index in [1.807, 2.05) is 104 Å². The van der Waals surface area contributed by atoms with Crippen LogP contribution in [0, 0.1) is 0 Å². The lowest BCUT2D eigenvalue weighted by molar-refractivity contribution is 0.00578. The molecule has 2 fully saturated rings. The minimum absolute atomic E-state index is 0.289. The Kier molecular flexibility index (Phi) is 7.64. The maximum Gasteiger partial charge on any atom is 0.494 e. The summed E-state index contributed by atoms with van der Waals surface area (Å²) in [6, 6.07) is 21.4. The molecular weight excluding hydrogens is 530 g/mol. The predicted molar refractivity (Wildman–Crippen MR) is 167 cm³/mol. The van der Waals surface area contributed by atoms with Gasteiger partial charge in [-0.3, -0.25) is 9.59 Å². The minimum Gasteiger partial charge on any atom is -0.399 e. The summed E-state index contributed by atoms with van der Waals surface area (Å²) >= 11 is 0. The first-order valence-corrected chi connectivity index (χ1v) is 14.2. The van der Waals surface area contributed by atoms with Crippen LogP contribution >= 0.6 is 0 Å². The fourth-order valence-electron chi connectivity index (χ4n) is 4.66. The smallest absolute Gasteiger partial charge is 0.399 e. The largest absolute Gasteiger partial charge is 0.494 e. The number of hydrogen-bond acceptors (Lipinski definition) is 6. The topological polar surface area (TPSA) is 95.1 Å². The maximum absolute atomic E-state index is 13.0. The van der Waals surface area contributed by atoms with E-state index in [1.54, 1.807) is 24.3 Å². The average molecular weight is 568 g/mol. The summed E-state index contributed by atoms with van der Waals surface area (Å²) < 4.78 is 24.5. The number of nitrogens with one attached hydrogen (secondary N) is 2. The van der Waals surface area contributed by atoms with Crippen LogP contribution in [0.2, 0.25) is 0 Å². The monoisotopic (exact) mass is 568 g/mol. The van der Waals surface area contributed by atoms with Gasteiger partial charge < -0.3 is 29.3 Å². The maximum atomic E-state index is 13.0. The van der Waals surface area contributed by atoms with E-state index >= 15 is 0 Å². The van der Waals surface area contributed by atoms with Crippen molar-refractivity contribution in [1.82, 2.24) is 0 Å². The average Bonchev–Trinajstić information content (AvgIpc) is 3.28. The molecule has 0 spiro atoms. The highest BCUT2D eigenvalue weighted by atomic mass is 16.7. The van der Waals surface area contributed by atoms with E-state index in [1.165, 1.54) is 0 Å². The van der Waals surface area contributed by atoms with Crippen molar-refractivity contribution in [2.24, 2.45) is 0 Å². The summed E-state index contributed by atoms with van der Waals surface area (Å²) in [6.45, 7) is 16.0. The Labute approximate surface area is 248 Å². The van der Waals surface area contributed by atoms with Crippen molar-refractivity contribution in [1.29, 1.82) is 0 Å². The van der Waals surface area contributed by atoms with Crippen LogP contribution in [0.1, 0.15) is 76.1 Å². The van der Waals surface area contributed by atoms with Crippen molar-refractivity contribution in [3.8, 4) is 0 Å². The molecule has 2 N–H and O–H groups in total. The third-order valence-corrected chi connectivity index (χ3v) is 8.75. The molecule has 2 aliphatic heterocycles. The second-order valence-electron chi connectivity index (χ2n) is 12.9. The van der Waals surface area contributed by atoms with Gasteiger partial charge in [0.2, 0.25) is 0 Å². The van der Waals surface area contributed by atoms with Crippen molar-refractivity contribution in [3.05, 3.63) is 83.9 Å². The molecule has 2 aliphatic rings. The SMILES string of the molecule is CC1(C)OB(c2cccc(NC(=O)c3ccc(C(=O)Nc4cccc(B5OC(C)(C)C(C)(C)O5)c4)cc3)c2)OC1(C)C. The van der Waals surface area contributed by atoms with Gasteiger partial charge in [0.1, 0.15) is 0 Å². The summed E-state index contributed by atoms with van der Waals surface area (Å²) in [6.07, 6.45) is 0. The lowest BCUT2D eigenvalue weighted by Crippen LogP contribution is -2.41. The van der Waals surface area contributed by atoms with Crippen LogP contribution in [-0.4, -0.2) is 48.5 Å². The first-order chi connectivity index (χ1) is 19.6. The highest BCUT2D eigenvalue weighted by Crippen LogP contribution is 2.37. The number of hydrogen-bond donors (Lipinski definition) is 2. The highest BCUT2D eigenvalue weighted by molar-refractivity contribution is 6.62. The van der Waals surface area contributed by atoms with Crippen molar-refractivity contribution >= 4 is 48.4 Å². The van der Waals surface area contributed by atoms with Gasteiger partial charge in [0.05, 0.1) is 22.4 Å². The molecule has 3 aromatic carbocycles. The number of anilines is 2. The van der Waals surface area contributed by atoms with Gasteiger partial charge in [0.15, 0.2) is 0 Å². The van der Waals surface area contributed by atoms with Gasteiger partial charge in [-0.15, -0.1) is 0 Å². The molecular formula is C32H38B2N2O6. The molecule has 10 heteroatoms. The summed E-state index contributed by atoms with van der Waals surface area (Å²) in [5.74, 6) is -0.578. The van der Waals surface area contributed by atoms with Gasteiger partial charge in [0.25, 0.3) is 11.8 Å². The normalized spacial score (nSPS) is 19.9. The van der Waals surface area contributed by atoms with Gasteiger partial charge >= 0.3 is 14.2 Å². The molecule has 218 valence electrons. The van der Waals surface area contributed by atoms with Crippen LogP contribution in [0.15, 0.2) is 72.8 Å². The molecule has 0 atom stereocenters.